The normalized spacial score (nSPS) is 14.6. The number of halogens is 1. The standard InChI is InChI=1S/C19H17FN4O2S/c20-14-4-5-15-16(11-14)27-19(22-15)24-8-6-23(7-9-24)18(26)13-3-1-2-12(10-13)17(21)25/h1-5,10-11H,6-9H2,(H2,21,25). The molecule has 1 fully saturated rings. The minimum absolute atomic E-state index is 0.121. The van der Waals surface area contributed by atoms with Gasteiger partial charge in [-0.3, -0.25) is 9.59 Å². The third-order valence-corrected chi connectivity index (χ3v) is 5.65. The fraction of sp³-hybridized carbons (Fsp3) is 0.211. The van der Waals surface area contributed by atoms with Crippen LogP contribution in [0.2, 0.25) is 0 Å². The number of hydrogen-bond acceptors (Lipinski definition) is 5. The van der Waals surface area contributed by atoms with Gasteiger partial charge in [-0.25, -0.2) is 9.37 Å². The van der Waals surface area contributed by atoms with Gasteiger partial charge in [0.2, 0.25) is 5.91 Å². The number of carbonyl (C=O) groups is 2. The van der Waals surface area contributed by atoms with Gasteiger partial charge in [0.25, 0.3) is 5.91 Å². The summed E-state index contributed by atoms with van der Waals surface area (Å²) in [7, 11) is 0. The number of nitrogens with zero attached hydrogens (tertiary/aromatic N) is 3. The fourth-order valence-corrected chi connectivity index (χ4v) is 4.15. The molecule has 1 saturated heterocycles. The third kappa shape index (κ3) is 3.48. The Morgan fingerprint density at radius 2 is 1.78 bits per heavy atom. The average molecular weight is 384 g/mol. The molecule has 0 atom stereocenters. The number of carbonyl (C=O) groups excluding carboxylic acids is 2. The van der Waals surface area contributed by atoms with Crippen molar-refractivity contribution >= 4 is 38.5 Å². The highest BCUT2D eigenvalue weighted by Gasteiger charge is 2.24. The summed E-state index contributed by atoms with van der Waals surface area (Å²) in [5.74, 6) is -0.947. The average Bonchev–Trinajstić information content (AvgIpc) is 3.10. The molecule has 0 aliphatic carbocycles. The third-order valence-electron chi connectivity index (χ3n) is 4.57. The number of hydrogen-bond donors (Lipinski definition) is 1. The minimum atomic E-state index is -0.554. The number of fused-ring (bicyclic) bond motifs is 1. The number of piperazine rings is 1. The Balaban J connectivity index is 1.45. The SMILES string of the molecule is NC(=O)c1cccc(C(=O)N2CCN(c3nc4ccc(F)cc4s3)CC2)c1. The lowest BCUT2D eigenvalue weighted by atomic mass is 10.1. The molecular weight excluding hydrogens is 367 g/mol. The van der Waals surface area contributed by atoms with Crippen molar-refractivity contribution in [1.82, 2.24) is 9.88 Å². The van der Waals surface area contributed by atoms with Crippen LogP contribution in [0, 0.1) is 5.82 Å². The van der Waals surface area contributed by atoms with Crippen LogP contribution in [0.25, 0.3) is 10.2 Å². The smallest absolute Gasteiger partial charge is 0.253 e. The molecule has 3 aromatic rings. The second-order valence-corrected chi connectivity index (χ2v) is 7.34. The molecule has 1 aliphatic heterocycles. The van der Waals surface area contributed by atoms with E-state index in [-0.39, 0.29) is 11.7 Å². The van der Waals surface area contributed by atoms with Crippen LogP contribution in [-0.4, -0.2) is 47.9 Å². The quantitative estimate of drug-likeness (QED) is 0.752. The Labute approximate surface area is 159 Å². The molecule has 4 rings (SSSR count). The van der Waals surface area contributed by atoms with Gasteiger partial charge in [-0.05, 0) is 36.4 Å². The lowest BCUT2D eigenvalue weighted by molar-refractivity contribution is 0.0746. The van der Waals surface area contributed by atoms with Crippen LogP contribution in [0.4, 0.5) is 9.52 Å². The molecule has 6 nitrogen and oxygen atoms in total. The predicted molar refractivity (Wildman–Crippen MR) is 103 cm³/mol. The molecule has 2 aromatic carbocycles. The van der Waals surface area contributed by atoms with Crippen molar-refractivity contribution in [2.75, 3.05) is 31.1 Å². The number of primary amides is 1. The summed E-state index contributed by atoms with van der Waals surface area (Å²) >= 11 is 1.45. The van der Waals surface area contributed by atoms with Gasteiger partial charge < -0.3 is 15.5 Å². The number of anilines is 1. The van der Waals surface area contributed by atoms with Crippen molar-refractivity contribution in [3.63, 3.8) is 0 Å². The Hall–Kier alpha value is -3.00. The van der Waals surface area contributed by atoms with Gasteiger partial charge in [0.05, 0.1) is 10.2 Å². The molecular formula is C19H17FN4O2S. The summed E-state index contributed by atoms with van der Waals surface area (Å²) < 4.78 is 14.2. The van der Waals surface area contributed by atoms with Crippen molar-refractivity contribution in [2.45, 2.75) is 0 Å². The monoisotopic (exact) mass is 384 g/mol. The van der Waals surface area contributed by atoms with E-state index in [1.165, 1.54) is 29.5 Å². The van der Waals surface area contributed by atoms with Crippen molar-refractivity contribution < 1.29 is 14.0 Å². The van der Waals surface area contributed by atoms with Crippen LogP contribution in [0.1, 0.15) is 20.7 Å². The zero-order chi connectivity index (χ0) is 19.0. The molecule has 2 amide bonds. The molecule has 1 aromatic heterocycles. The van der Waals surface area contributed by atoms with Crippen LogP contribution in [-0.2, 0) is 0 Å². The second-order valence-electron chi connectivity index (χ2n) is 6.33. The maximum Gasteiger partial charge on any atom is 0.253 e. The molecule has 0 bridgehead atoms. The summed E-state index contributed by atoms with van der Waals surface area (Å²) in [4.78, 5) is 32.4. The maximum atomic E-state index is 13.4. The van der Waals surface area contributed by atoms with E-state index in [1.54, 1.807) is 29.2 Å². The summed E-state index contributed by atoms with van der Waals surface area (Å²) in [6.45, 7) is 2.38. The highest BCUT2D eigenvalue weighted by atomic mass is 32.1. The molecule has 0 radical (unpaired) electrons. The number of rotatable bonds is 3. The molecule has 0 saturated carbocycles. The van der Waals surface area contributed by atoms with Gasteiger partial charge >= 0.3 is 0 Å². The lowest BCUT2D eigenvalue weighted by Gasteiger charge is -2.34. The molecule has 27 heavy (non-hydrogen) atoms. The van der Waals surface area contributed by atoms with Crippen LogP contribution < -0.4 is 10.6 Å². The van der Waals surface area contributed by atoms with Crippen LogP contribution in [0.5, 0.6) is 0 Å². The van der Waals surface area contributed by atoms with E-state index in [2.05, 4.69) is 9.88 Å². The number of benzene rings is 2. The molecule has 0 spiro atoms. The van der Waals surface area contributed by atoms with Crippen molar-refractivity contribution in [3.8, 4) is 0 Å². The maximum absolute atomic E-state index is 13.4. The van der Waals surface area contributed by atoms with Crippen molar-refractivity contribution in [3.05, 3.63) is 59.4 Å². The summed E-state index contributed by atoms with van der Waals surface area (Å²) in [6, 6.07) is 11.0. The number of aromatic nitrogens is 1. The summed E-state index contributed by atoms with van der Waals surface area (Å²) in [6.07, 6.45) is 0. The first-order valence-electron chi connectivity index (χ1n) is 8.51. The summed E-state index contributed by atoms with van der Waals surface area (Å²) in [5.41, 5.74) is 6.84. The molecule has 2 N–H and O–H groups in total. The van der Waals surface area contributed by atoms with E-state index in [4.69, 9.17) is 5.73 Å². The predicted octanol–water partition coefficient (Wildman–Crippen LogP) is 2.50. The zero-order valence-electron chi connectivity index (χ0n) is 14.4. The topological polar surface area (TPSA) is 79.5 Å². The number of amides is 2. The Kier molecular flexibility index (Phi) is 4.49. The zero-order valence-corrected chi connectivity index (χ0v) is 15.2. The van der Waals surface area contributed by atoms with Gasteiger partial charge in [-0.15, -0.1) is 0 Å². The van der Waals surface area contributed by atoms with Crippen LogP contribution >= 0.6 is 11.3 Å². The van der Waals surface area contributed by atoms with Crippen molar-refractivity contribution in [2.24, 2.45) is 5.73 Å². The lowest BCUT2D eigenvalue weighted by Crippen LogP contribution is -2.48. The Morgan fingerprint density at radius 3 is 2.52 bits per heavy atom. The van der Waals surface area contributed by atoms with Crippen molar-refractivity contribution in [1.29, 1.82) is 0 Å². The largest absolute Gasteiger partial charge is 0.366 e. The van der Waals surface area contributed by atoms with E-state index < -0.39 is 5.91 Å². The molecule has 1 aliphatic rings. The number of thiazole rings is 1. The summed E-state index contributed by atoms with van der Waals surface area (Å²) in [5, 5.41) is 0.832. The first-order valence-corrected chi connectivity index (χ1v) is 9.33. The van der Waals surface area contributed by atoms with Gasteiger partial charge in [-0.1, -0.05) is 17.4 Å². The first kappa shape index (κ1) is 17.4. The molecule has 0 unspecified atom stereocenters. The highest BCUT2D eigenvalue weighted by molar-refractivity contribution is 7.22. The Bertz CT molecular complexity index is 1030. The van der Waals surface area contributed by atoms with E-state index in [1.807, 2.05) is 0 Å². The molecule has 2 heterocycles. The van der Waals surface area contributed by atoms with E-state index in [0.29, 0.717) is 37.3 Å². The van der Waals surface area contributed by atoms with E-state index >= 15 is 0 Å². The van der Waals surface area contributed by atoms with Crippen LogP contribution in [0.15, 0.2) is 42.5 Å². The van der Waals surface area contributed by atoms with E-state index in [0.717, 1.165) is 15.3 Å². The fourth-order valence-electron chi connectivity index (χ4n) is 3.11. The first-order chi connectivity index (χ1) is 13.0. The molecule has 8 heteroatoms. The highest BCUT2D eigenvalue weighted by Crippen LogP contribution is 2.30. The van der Waals surface area contributed by atoms with Crippen LogP contribution in [0.3, 0.4) is 0 Å². The van der Waals surface area contributed by atoms with E-state index in [9.17, 15) is 14.0 Å². The number of nitrogens with two attached hydrogens (primary N) is 1. The van der Waals surface area contributed by atoms with Gasteiger partial charge in [0.1, 0.15) is 5.82 Å². The van der Waals surface area contributed by atoms with Gasteiger partial charge in [-0.2, -0.15) is 0 Å². The van der Waals surface area contributed by atoms with Gasteiger partial charge in [0, 0.05) is 37.3 Å². The second kappa shape index (κ2) is 6.96. The molecule has 138 valence electrons. The van der Waals surface area contributed by atoms with Gasteiger partial charge in [0.15, 0.2) is 5.13 Å². The Morgan fingerprint density at radius 1 is 1.04 bits per heavy atom. The minimum Gasteiger partial charge on any atom is -0.366 e.